The van der Waals surface area contributed by atoms with Gasteiger partial charge in [0.1, 0.15) is 11.2 Å². The minimum atomic E-state index is -1.10. The Kier molecular flexibility index (Phi) is 3.36. The summed E-state index contributed by atoms with van der Waals surface area (Å²) in [5.41, 5.74) is -0.175. The molecule has 1 aromatic rings. The van der Waals surface area contributed by atoms with Crippen molar-refractivity contribution < 1.29 is 14.7 Å². The molecule has 0 aromatic carbocycles. The van der Waals surface area contributed by atoms with E-state index < -0.39 is 17.4 Å². The third-order valence-electron chi connectivity index (χ3n) is 3.72. The highest BCUT2D eigenvalue weighted by Crippen LogP contribution is 2.32. The van der Waals surface area contributed by atoms with Gasteiger partial charge in [0.15, 0.2) is 0 Å². The molecule has 110 valence electrons. The monoisotopic (exact) mass is 279 g/mol. The van der Waals surface area contributed by atoms with E-state index in [-0.39, 0.29) is 11.2 Å². The maximum absolute atomic E-state index is 12.2. The predicted molar refractivity (Wildman–Crippen MR) is 73.6 cm³/mol. The molecule has 0 saturated heterocycles. The quantitative estimate of drug-likeness (QED) is 0.881. The first-order valence-electron chi connectivity index (χ1n) is 6.79. The second kappa shape index (κ2) is 4.61. The number of aliphatic carboxylic acids is 1. The van der Waals surface area contributed by atoms with Crippen LogP contribution in [0.4, 0.5) is 0 Å². The molecule has 6 nitrogen and oxygen atoms in total. The average Bonchev–Trinajstić information content (AvgIpc) is 2.64. The Balaban J connectivity index is 2.20. The molecule has 20 heavy (non-hydrogen) atoms. The van der Waals surface area contributed by atoms with Crippen LogP contribution in [0.5, 0.6) is 0 Å². The van der Waals surface area contributed by atoms with Crippen LogP contribution in [0.1, 0.15) is 56.2 Å². The zero-order chi connectivity index (χ0) is 15.1. The van der Waals surface area contributed by atoms with Gasteiger partial charge in [-0.15, -0.1) is 0 Å². The number of carbonyl (C=O) groups excluding carboxylic acids is 1. The molecule has 0 bridgehead atoms. The van der Waals surface area contributed by atoms with Gasteiger partial charge in [-0.2, -0.15) is 5.10 Å². The minimum absolute atomic E-state index is 0.219. The Hall–Kier alpha value is -1.85. The highest BCUT2D eigenvalue weighted by molar-refractivity contribution is 5.96. The maximum Gasteiger partial charge on any atom is 0.329 e. The Labute approximate surface area is 118 Å². The van der Waals surface area contributed by atoms with Gasteiger partial charge in [0.25, 0.3) is 5.91 Å². The molecule has 1 aromatic heterocycles. The van der Waals surface area contributed by atoms with Crippen molar-refractivity contribution in [2.45, 2.75) is 58.0 Å². The van der Waals surface area contributed by atoms with Gasteiger partial charge in [0, 0.05) is 5.69 Å². The molecule has 2 N–H and O–H groups in total. The van der Waals surface area contributed by atoms with Crippen LogP contribution >= 0.6 is 0 Å². The Morgan fingerprint density at radius 1 is 1.40 bits per heavy atom. The molecule has 1 saturated carbocycles. The highest BCUT2D eigenvalue weighted by Gasteiger charge is 2.46. The van der Waals surface area contributed by atoms with Gasteiger partial charge in [-0.25, -0.2) is 4.79 Å². The van der Waals surface area contributed by atoms with Crippen molar-refractivity contribution in [1.82, 2.24) is 15.1 Å². The number of aromatic nitrogens is 2. The van der Waals surface area contributed by atoms with E-state index >= 15 is 0 Å². The first kappa shape index (κ1) is 14.6. The number of carboxylic acid groups (broad SMARTS) is 1. The topological polar surface area (TPSA) is 84.2 Å². The fraction of sp³-hybridized carbons (Fsp3) is 0.643. The van der Waals surface area contributed by atoms with E-state index in [1.54, 1.807) is 10.7 Å². The van der Waals surface area contributed by atoms with E-state index in [1.165, 1.54) is 0 Å². The fourth-order valence-corrected chi connectivity index (χ4v) is 2.47. The van der Waals surface area contributed by atoms with Crippen molar-refractivity contribution in [2.75, 3.05) is 0 Å². The molecule has 1 aliphatic rings. The molecule has 0 spiro atoms. The number of amides is 1. The van der Waals surface area contributed by atoms with Crippen LogP contribution in [-0.2, 0) is 10.3 Å². The Bertz CT molecular complexity index is 551. The van der Waals surface area contributed by atoms with Gasteiger partial charge < -0.3 is 10.4 Å². The van der Waals surface area contributed by atoms with Crippen molar-refractivity contribution in [3.8, 4) is 0 Å². The lowest BCUT2D eigenvalue weighted by Crippen LogP contribution is -2.59. The zero-order valence-electron chi connectivity index (χ0n) is 12.4. The second-order valence-corrected chi connectivity index (χ2v) is 6.45. The summed E-state index contributed by atoms with van der Waals surface area (Å²) in [6, 6.07) is 1.69. The van der Waals surface area contributed by atoms with Crippen LogP contribution in [0.3, 0.4) is 0 Å². The van der Waals surface area contributed by atoms with E-state index in [9.17, 15) is 14.7 Å². The van der Waals surface area contributed by atoms with Gasteiger partial charge in [-0.05, 0) is 53.0 Å². The highest BCUT2D eigenvalue weighted by atomic mass is 16.4. The van der Waals surface area contributed by atoms with Gasteiger partial charge in [-0.3, -0.25) is 9.48 Å². The third kappa shape index (κ3) is 2.42. The van der Waals surface area contributed by atoms with Crippen LogP contribution < -0.4 is 5.32 Å². The third-order valence-corrected chi connectivity index (χ3v) is 3.72. The maximum atomic E-state index is 12.2. The largest absolute Gasteiger partial charge is 0.480 e. The van der Waals surface area contributed by atoms with E-state index in [4.69, 9.17) is 0 Å². The lowest BCUT2D eigenvalue weighted by atomic mass is 9.76. The van der Waals surface area contributed by atoms with Gasteiger partial charge in [0.2, 0.25) is 0 Å². The molecule has 0 unspecified atom stereocenters. The number of nitrogens with zero attached hydrogens (tertiary/aromatic N) is 2. The van der Waals surface area contributed by atoms with E-state index in [0.29, 0.717) is 12.8 Å². The Morgan fingerprint density at radius 3 is 2.35 bits per heavy atom. The van der Waals surface area contributed by atoms with Crippen LogP contribution in [0.15, 0.2) is 6.07 Å². The predicted octanol–water partition coefficient (Wildman–Crippen LogP) is 1.68. The second-order valence-electron chi connectivity index (χ2n) is 6.45. The van der Waals surface area contributed by atoms with Crippen molar-refractivity contribution in [3.63, 3.8) is 0 Å². The van der Waals surface area contributed by atoms with Crippen LogP contribution in [0.25, 0.3) is 0 Å². The smallest absolute Gasteiger partial charge is 0.329 e. The van der Waals surface area contributed by atoms with Crippen LogP contribution in [-0.4, -0.2) is 32.3 Å². The molecule has 1 amide bonds. The number of hydrogen-bond donors (Lipinski definition) is 2. The van der Waals surface area contributed by atoms with Crippen molar-refractivity contribution >= 4 is 11.9 Å². The number of aryl methyl sites for hydroxylation is 1. The molecular formula is C14H21N3O3. The SMILES string of the molecule is Cc1cc(C(=O)NC2(C(=O)O)CCC2)nn1C(C)(C)C. The molecule has 0 aliphatic heterocycles. The first-order valence-corrected chi connectivity index (χ1v) is 6.79. The van der Waals surface area contributed by atoms with Crippen LogP contribution in [0, 0.1) is 6.92 Å². The molecule has 1 heterocycles. The van der Waals surface area contributed by atoms with Gasteiger partial charge >= 0.3 is 5.97 Å². The summed E-state index contributed by atoms with van der Waals surface area (Å²) in [6.45, 7) is 7.88. The standard InChI is InChI=1S/C14H21N3O3/c1-9-8-10(16-17(9)13(2,3)4)11(18)15-14(12(19)20)6-5-7-14/h8H,5-7H2,1-4H3,(H,15,18)(H,19,20). The molecule has 0 atom stereocenters. The number of carbonyl (C=O) groups is 2. The molecular weight excluding hydrogens is 258 g/mol. The summed E-state index contributed by atoms with van der Waals surface area (Å²) in [5.74, 6) is -1.39. The van der Waals surface area contributed by atoms with E-state index in [2.05, 4.69) is 10.4 Å². The van der Waals surface area contributed by atoms with Gasteiger partial charge in [-0.1, -0.05) is 0 Å². The molecule has 1 aliphatic carbocycles. The summed E-state index contributed by atoms with van der Waals surface area (Å²) >= 11 is 0. The van der Waals surface area contributed by atoms with E-state index in [0.717, 1.165) is 12.1 Å². The number of carboxylic acids is 1. The zero-order valence-corrected chi connectivity index (χ0v) is 12.4. The molecule has 1 fully saturated rings. The minimum Gasteiger partial charge on any atom is -0.480 e. The first-order chi connectivity index (χ1) is 9.16. The number of nitrogens with one attached hydrogen (secondary N) is 1. The normalized spacial score (nSPS) is 17.4. The molecule has 6 heteroatoms. The number of rotatable bonds is 3. The van der Waals surface area contributed by atoms with Crippen LogP contribution in [0.2, 0.25) is 0 Å². The van der Waals surface area contributed by atoms with Crippen molar-refractivity contribution in [2.24, 2.45) is 0 Å². The fourth-order valence-electron chi connectivity index (χ4n) is 2.47. The number of hydrogen-bond acceptors (Lipinski definition) is 3. The summed E-state index contributed by atoms with van der Waals surface area (Å²) in [4.78, 5) is 23.5. The lowest BCUT2D eigenvalue weighted by Gasteiger charge is -2.37. The summed E-state index contributed by atoms with van der Waals surface area (Å²) in [6.07, 6.45) is 1.78. The van der Waals surface area contributed by atoms with E-state index in [1.807, 2.05) is 27.7 Å². The summed E-state index contributed by atoms with van der Waals surface area (Å²) in [7, 11) is 0. The van der Waals surface area contributed by atoms with Crippen molar-refractivity contribution in [1.29, 1.82) is 0 Å². The Morgan fingerprint density at radius 2 is 2.00 bits per heavy atom. The molecule has 0 radical (unpaired) electrons. The average molecular weight is 279 g/mol. The van der Waals surface area contributed by atoms with Gasteiger partial charge in [0.05, 0.1) is 5.54 Å². The van der Waals surface area contributed by atoms with Crippen molar-refractivity contribution in [3.05, 3.63) is 17.5 Å². The molecule has 2 rings (SSSR count). The lowest BCUT2D eigenvalue weighted by molar-refractivity contribution is -0.148. The summed E-state index contributed by atoms with van der Waals surface area (Å²) in [5, 5.41) is 16.1. The summed E-state index contributed by atoms with van der Waals surface area (Å²) < 4.78 is 1.77.